The van der Waals surface area contributed by atoms with Gasteiger partial charge in [0.25, 0.3) is 5.69 Å². The van der Waals surface area contributed by atoms with Gasteiger partial charge < -0.3 is 5.11 Å². The Hall–Kier alpha value is -1.90. The van der Waals surface area contributed by atoms with Crippen LogP contribution in [0.4, 0.5) is 5.69 Å². The summed E-state index contributed by atoms with van der Waals surface area (Å²) in [6, 6.07) is 6.53. The third kappa shape index (κ3) is 4.83. The van der Waals surface area contributed by atoms with Crippen LogP contribution in [-0.2, 0) is 13.1 Å². The molecule has 2 rings (SSSR count). The maximum Gasteiger partial charge on any atom is 0.272 e. The maximum absolute atomic E-state index is 10.8. The fourth-order valence-corrected chi connectivity index (χ4v) is 2.40. The highest BCUT2D eigenvalue weighted by Gasteiger charge is 2.12. The highest BCUT2D eigenvalue weighted by Crippen LogP contribution is 2.15. The van der Waals surface area contributed by atoms with E-state index in [4.69, 9.17) is 0 Å². The number of nitro groups is 1. The van der Waals surface area contributed by atoms with Gasteiger partial charge >= 0.3 is 0 Å². The third-order valence-electron chi connectivity index (χ3n) is 2.98. The number of halogens is 1. The molecule has 0 aliphatic heterocycles. The molecule has 22 heavy (non-hydrogen) atoms. The molecule has 0 spiro atoms. The van der Waals surface area contributed by atoms with Gasteiger partial charge in [-0.2, -0.15) is 0 Å². The van der Waals surface area contributed by atoms with Crippen molar-refractivity contribution in [3.05, 3.63) is 62.6 Å². The summed E-state index contributed by atoms with van der Waals surface area (Å²) in [6.45, 7) is 1.34. The number of nitrogens with zero attached hydrogens (tertiary/aromatic N) is 4. The first-order chi connectivity index (χ1) is 10.6. The SMILES string of the molecule is O=[N+]([O-])c1ccnc(CN(CCO)Cc2cc(Br)ccn2)c1. The molecule has 0 amide bonds. The van der Waals surface area contributed by atoms with Crippen molar-refractivity contribution in [2.45, 2.75) is 13.1 Å². The number of rotatable bonds is 7. The Morgan fingerprint density at radius 2 is 1.82 bits per heavy atom. The Morgan fingerprint density at radius 1 is 1.18 bits per heavy atom. The number of aromatic nitrogens is 2. The summed E-state index contributed by atoms with van der Waals surface area (Å²) in [4.78, 5) is 20.7. The molecule has 2 heterocycles. The van der Waals surface area contributed by atoms with E-state index in [9.17, 15) is 15.2 Å². The number of aliphatic hydroxyl groups is 1. The van der Waals surface area contributed by atoms with Crippen LogP contribution in [0.25, 0.3) is 0 Å². The van der Waals surface area contributed by atoms with Crippen molar-refractivity contribution in [3.63, 3.8) is 0 Å². The first kappa shape index (κ1) is 16.5. The quantitative estimate of drug-likeness (QED) is 0.596. The molecule has 0 unspecified atom stereocenters. The van der Waals surface area contributed by atoms with Crippen LogP contribution in [0.3, 0.4) is 0 Å². The minimum absolute atomic E-state index is 0.00882. The molecule has 0 aromatic carbocycles. The van der Waals surface area contributed by atoms with Gasteiger partial charge in [0.1, 0.15) is 0 Å². The molecule has 116 valence electrons. The highest BCUT2D eigenvalue weighted by atomic mass is 79.9. The van der Waals surface area contributed by atoms with Crippen LogP contribution < -0.4 is 0 Å². The summed E-state index contributed by atoms with van der Waals surface area (Å²) in [5.41, 5.74) is 1.43. The molecule has 0 radical (unpaired) electrons. The van der Waals surface area contributed by atoms with E-state index < -0.39 is 4.92 Å². The minimum Gasteiger partial charge on any atom is -0.395 e. The van der Waals surface area contributed by atoms with E-state index in [2.05, 4.69) is 25.9 Å². The van der Waals surface area contributed by atoms with E-state index in [1.165, 1.54) is 18.3 Å². The Morgan fingerprint density at radius 3 is 2.41 bits per heavy atom. The van der Waals surface area contributed by atoms with Crippen molar-refractivity contribution in [1.29, 1.82) is 0 Å². The molecule has 0 atom stereocenters. The zero-order chi connectivity index (χ0) is 15.9. The van der Waals surface area contributed by atoms with Crippen molar-refractivity contribution in [3.8, 4) is 0 Å². The van der Waals surface area contributed by atoms with Gasteiger partial charge in [-0.1, -0.05) is 15.9 Å². The Labute approximate surface area is 135 Å². The molecule has 2 aromatic heterocycles. The first-order valence-electron chi connectivity index (χ1n) is 6.61. The third-order valence-corrected chi connectivity index (χ3v) is 3.47. The molecule has 0 bridgehead atoms. The Balaban J connectivity index is 2.11. The van der Waals surface area contributed by atoms with Crippen LogP contribution in [0, 0.1) is 10.1 Å². The van der Waals surface area contributed by atoms with E-state index in [1.807, 2.05) is 17.0 Å². The molecular formula is C14H15BrN4O3. The second-order valence-corrected chi connectivity index (χ2v) is 5.58. The fourth-order valence-electron chi connectivity index (χ4n) is 2.01. The summed E-state index contributed by atoms with van der Waals surface area (Å²) in [5.74, 6) is 0. The van der Waals surface area contributed by atoms with Crippen molar-refractivity contribution in [1.82, 2.24) is 14.9 Å². The number of pyridine rings is 2. The van der Waals surface area contributed by atoms with E-state index in [0.717, 1.165) is 10.2 Å². The van der Waals surface area contributed by atoms with Gasteiger partial charge in [-0.05, 0) is 12.1 Å². The lowest BCUT2D eigenvalue weighted by atomic mass is 10.2. The highest BCUT2D eigenvalue weighted by molar-refractivity contribution is 9.10. The maximum atomic E-state index is 10.8. The fraction of sp³-hybridized carbons (Fsp3) is 0.286. The molecule has 0 saturated heterocycles. The molecule has 0 fully saturated rings. The van der Waals surface area contributed by atoms with Gasteiger partial charge in [0, 0.05) is 48.6 Å². The van der Waals surface area contributed by atoms with Crippen LogP contribution in [0.1, 0.15) is 11.4 Å². The topological polar surface area (TPSA) is 92.4 Å². The monoisotopic (exact) mass is 366 g/mol. The van der Waals surface area contributed by atoms with Crippen molar-refractivity contribution in [2.75, 3.05) is 13.2 Å². The standard InChI is InChI=1S/C14H15BrN4O3/c15-11-1-3-16-12(7-11)9-18(5-6-20)10-13-8-14(19(21)22)2-4-17-13/h1-4,7-8,20H,5-6,9-10H2. The smallest absolute Gasteiger partial charge is 0.272 e. The summed E-state index contributed by atoms with van der Waals surface area (Å²) in [6.07, 6.45) is 3.12. The molecular weight excluding hydrogens is 352 g/mol. The molecule has 0 aliphatic carbocycles. The van der Waals surface area contributed by atoms with E-state index in [-0.39, 0.29) is 12.3 Å². The van der Waals surface area contributed by atoms with Crippen LogP contribution in [0.15, 0.2) is 41.1 Å². The van der Waals surface area contributed by atoms with Crippen molar-refractivity contribution in [2.24, 2.45) is 0 Å². The second-order valence-electron chi connectivity index (χ2n) is 4.66. The normalized spacial score (nSPS) is 10.9. The summed E-state index contributed by atoms with van der Waals surface area (Å²) in [7, 11) is 0. The lowest BCUT2D eigenvalue weighted by Gasteiger charge is -2.20. The second kappa shape index (κ2) is 7.92. The zero-order valence-corrected chi connectivity index (χ0v) is 13.3. The predicted molar refractivity (Wildman–Crippen MR) is 84.0 cm³/mol. The van der Waals surface area contributed by atoms with Gasteiger partial charge in [-0.15, -0.1) is 0 Å². The predicted octanol–water partition coefficient (Wildman–Crippen LogP) is 2.14. The Bertz CT molecular complexity index is 653. The first-order valence-corrected chi connectivity index (χ1v) is 7.41. The molecule has 0 saturated carbocycles. The minimum atomic E-state index is -0.447. The lowest BCUT2D eigenvalue weighted by Crippen LogP contribution is -2.27. The zero-order valence-electron chi connectivity index (χ0n) is 11.7. The van der Waals surface area contributed by atoms with Gasteiger partial charge in [0.2, 0.25) is 0 Å². The Kier molecular flexibility index (Phi) is 5.93. The van der Waals surface area contributed by atoms with Gasteiger partial charge in [0.05, 0.1) is 22.9 Å². The summed E-state index contributed by atoms with van der Waals surface area (Å²) < 4.78 is 0.926. The number of hydrogen-bond donors (Lipinski definition) is 1. The van der Waals surface area contributed by atoms with Gasteiger partial charge in [0.15, 0.2) is 0 Å². The molecule has 1 N–H and O–H groups in total. The van der Waals surface area contributed by atoms with Crippen molar-refractivity contribution >= 4 is 21.6 Å². The van der Waals surface area contributed by atoms with E-state index in [0.29, 0.717) is 25.3 Å². The molecule has 7 nitrogen and oxygen atoms in total. The average molecular weight is 367 g/mol. The summed E-state index contributed by atoms with van der Waals surface area (Å²) >= 11 is 3.39. The number of aliphatic hydroxyl groups excluding tert-OH is 1. The van der Waals surface area contributed by atoms with Gasteiger partial charge in [-0.3, -0.25) is 25.0 Å². The lowest BCUT2D eigenvalue weighted by molar-refractivity contribution is -0.385. The average Bonchev–Trinajstić information content (AvgIpc) is 2.47. The van der Waals surface area contributed by atoms with Crippen LogP contribution in [0.5, 0.6) is 0 Å². The van der Waals surface area contributed by atoms with E-state index >= 15 is 0 Å². The van der Waals surface area contributed by atoms with Gasteiger partial charge in [-0.25, -0.2) is 0 Å². The largest absolute Gasteiger partial charge is 0.395 e. The molecule has 8 heteroatoms. The van der Waals surface area contributed by atoms with Crippen LogP contribution in [0.2, 0.25) is 0 Å². The van der Waals surface area contributed by atoms with E-state index in [1.54, 1.807) is 6.20 Å². The number of hydrogen-bond acceptors (Lipinski definition) is 6. The molecule has 2 aromatic rings. The molecule has 0 aliphatic rings. The summed E-state index contributed by atoms with van der Waals surface area (Å²) in [5, 5.41) is 20.0. The van der Waals surface area contributed by atoms with Crippen LogP contribution >= 0.6 is 15.9 Å². The van der Waals surface area contributed by atoms with Crippen LogP contribution in [-0.4, -0.2) is 38.0 Å². The van der Waals surface area contributed by atoms with Crippen molar-refractivity contribution < 1.29 is 10.0 Å².